The number of fused-ring (bicyclic) bond motifs is 1. The van der Waals surface area contributed by atoms with E-state index in [0.29, 0.717) is 17.9 Å². The lowest BCUT2D eigenvalue weighted by Crippen LogP contribution is -2.34. The summed E-state index contributed by atoms with van der Waals surface area (Å²) in [5, 5.41) is 2.84. The van der Waals surface area contributed by atoms with E-state index in [1.807, 2.05) is 47.7 Å². The van der Waals surface area contributed by atoms with Crippen LogP contribution in [-0.2, 0) is 9.53 Å². The Hall–Kier alpha value is -2.21. The summed E-state index contributed by atoms with van der Waals surface area (Å²) in [6, 6.07) is 7.49. The Morgan fingerprint density at radius 2 is 2.09 bits per heavy atom. The second kappa shape index (κ2) is 6.50. The van der Waals surface area contributed by atoms with Crippen LogP contribution in [0.5, 0.6) is 5.75 Å². The van der Waals surface area contributed by atoms with Crippen LogP contribution in [0.15, 0.2) is 52.1 Å². The Kier molecular flexibility index (Phi) is 4.43. The van der Waals surface area contributed by atoms with Crippen molar-refractivity contribution in [3.8, 4) is 5.75 Å². The summed E-state index contributed by atoms with van der Waals surface area (Å²) >= 11 is 1.55. The highest BCUT2D eigenvalue weighted by Gasteiger charge is 2.37. The number of rotatable bonds is 4. The first-order valence-corrected chi connectivity index (χ1v) is 8.26. The molecule has 2 aliphatic rings. The molecule has 2 aliphatic heterocycles. The van der Waals surface area contributed by atoms with Crippen LogP contribution in [0.25, 0.3) is 0 Å². The predicted octanol–water partition coefficient (Wildman–Crippen LogP) is 3.46. The highest BCUT2D eigenvalue weighted by atomic mass is 32.2. The van der Waals surface area contributed by atoms with Crippen LogP contribution in [-0.4, -0.2) is 29.8 Å². The standard InChI is InChI=1S/C17H18N2O3S/c1-4-22-16(20)14-11(2)18-17-19(9-10-23-17)15(14)12-5-7-13(21-3)8-6-12/h5-10,15H,4H2,1-3H3. The van der Waals surface area contributed by atoms with Gasteiger partial charge in [0.2, 0.25) is 0 Å². The Bertz CT molecular complexity index is 707. The van der Waals surface area contributed by atoms with Crippen molar-refractivity contribution < 1.29 is 14.3 Å². The fourth-order valence-corrected chi connectivity index (χ4v) is 3.48. The van der Waals surface area contributed by atoms with E-state index in [0.717, 1.165) is 16.5 Å². The van der Waals surface area contributed by atoms with E-state index in [-0.39, 0.29) is 12.0 Å². The van der Waals surface area contributed by atoms with Crippen LogP contribution < -0.4 is 4.74 Å². The van der Waals surface area contributed by atoms with E-state index in [9.17, 15) is 4.79 Å². The number of aliphatic imine (C=N–C) groups is 1. The molecular formula is C17H18N2O3S. The monoisotopic (exact) mass is 330 g/mol. The minimum Gasteiger partial charge on any atom is -0.497 e. The quantitative estimate of drug-likeness (QED) is 0.791. The van der Waals surface area contributed by atoms with Gasteiger partial charge in [0.25, 0.3) is 0 Å². The van der Waals surface area contributed by atoms with E-state index in [1.54, 1.807) is 25.8 Å². The van der Waals surface area contributed by atoms with Gasteiger partial charge in [0.1, 0.15) is 5.75 Å². The molecule has 0 aromatic heterocycles. The molecule has 23 heavy (non-hydrogen) atoms. The lowest BCUT2D eigenvalue weighted by Gasteiger charge is -2.33. The topological polar surface area (TPSA) is 51.1 Å². The number of esters is 1. The lowest BCUT2D eigenvalue weighted by molar-refractivity contribution is -0.139. The van der Waals surface area contributed by atoms with Gasteiger partial charge in [-0.15, -0.1) is 0 Å². The van der Waals surface area contributed by atoms with Gasteiger partial charge in [0.05, 0.1) is 31.0 Å². The van der Waals surface area contributed by atoms with Gasteiger partial charge in [-0.2, -0.15) is 0 Å². The summed E-state index contributed by atoms with van der Waals surface area (Å²) in [5.74, 6) is 0.460. The molecule has 1 aromatic rings. The number of ether oxygens (including phenoxy) is 2. The van der Waals surface area contributed by atoms with Gasteiger partial charge in [-0.25, -0.2) is 9.79 Å². The minimum absolute atomic E-state index is 0.237. The highest BCUT2D eigenvalue weighted by Crippen LogP contribution is 2.41. The van der Waals surface area contributed by atoms with Gasteiger partial charge < -0.3 is 14.4 Å². The van der Waals surface area contributed by atoms with Crippen LogP contribution in [0.3, 0.4) is 0 Å². The van der Waals surface area contributed by atoms with Crippen molar-refractivity contribution in [2.45, 2.75) is 19.9 Å². The molecule has 120 valence electrons. The Labute approximate surface area is 139 Å². The maximum Gasteiger partial charge on any atom is 0.338 e. The van der Waals surface area contributed by atoms with Crippen LogP contribution in [0.1, 0.15) is 25.5 Å². The summed E-state index contributed by atoms with van der Waals surface area (Å²) in [5.41, 5.74) is 2.27. The molecule has 0 fully saturated rings. The second-order valence-electron chi connectivity index (χ2n) is 5.10. The van der Waals surface area contributed by atoms with Gasteiger partial charge in [-0.1, -0.05) is 23.9 Å². The van der Waals surface area contributed by atoms with Gasteiger partial charge >= 0.3 is 5.97 Å². The average Bonchev–Trinajstić information content (AvgIpc) is 3.01. The number of carbonyl (C=O) groups is 1. The molecule has 3 rings (SSSR count). The van der Waals surface area contributed by atoms with Gasteiger partial charge in [-0.3, -0.25) is 0 Å². The molecule has 0 aliphatic carbocycles. The number of carbonyl (C=O) groups excluding carboxylic acids is 1. The van der Waals surface area contributed by atoms with Crippen molar-refractivity contribution in [1.82, 2.24) is 4.90 Å². The van der Waals surface area contributed by atoms with Gasteiger partial charge in [0.15, 0.2) is 5.17 Å². The summed E-state index contributed by atoms with van der Waals surface area (Å²) in [6.45, 7) is 4.00. The summed E-state index contributed by atoms with van der Waals surface area (Å²) in [7, 11) is 1.63. The van der Waals surface area contributed by atoms with Crippen LogP contribution in [0.4, 0.5) is 0 Å². The van der Waals surface area contributed by atoms with Crippen LogP contribution >= 0.6 is 11.8 Å². The number of methoxy groups -OCH3 is 1. The van der Waals surface area contributed by atoms with Crippen molar-refractivity contribution in [3.63, 3.8) is 0 Å². The second-order valence-corrected chi connectivity index (χ2v) is 5.97. The Morgan fingerprint density at radius 3 is 2.74 bits per heavy atom. The Morgan fingerprint density at radius 1 is 1.35 bits per heavy atom. The minimum atomic E-state index is -0.320. The third-order valence-electron chi connectivity index (χ3n) is 3.75. The first-order valence-electron chi connectivity index (χ1n) is 7.38. The summed E-state index contributed by atoms with van der Waals surface area (Å²) in [4.78, 5) is 19.0. The molecule has 0 radical (unpaired) electrons. The fourth-order valence-electron chi connectivity index (χ4n) is 2.68. The van der Waals surface area contributed by atoms with E-state index in [1.165, 1.54) is 0 Å². The number of thioether (sulfide) groups is 1. The van der Waals surface area contributed by atoms with E-state index < -0.39 is 0 Å². The smallest absolute Gasteiger partial charge is 0.338 e. The molecule has 0 saturated heterocycles. The number of hydrogen-bond donors (Lipinski definition) is 0. The predicted molar refractivity (Wildman–Crippen MR) is 91.1 cm³/mol. The average molecular weight is 330 g/mol. The van der Waals surface area contributed by atoms with Crippen LogP contribution in [0, 0.1) is 0 Å². The number of hydrogen-bond acceptors (Lipinski definition) is 6. The zero-order chi connectivity index (χ0) is 16.4. The third kappa shape index (κ3) is 2.86. The van der Waals surface area contributed by atoms with E-state index in [2.05, 4.69) is 4.99 Å². The molecule has 0 spiro atoms. The van der Waals surface area contributed by atoms with Crippen LogP contribution in [0.2, 0.25) is 0 Å². The number of benzene rings is 1. The normalized spacial score (nSPS) is 19.5. The van der Waals surface area contributed by atoms with Gasteiger partial charge in [-0.05, 0) is 37.0 Å². The van der Waals surface area contributed by atoms with Crippen molar-refractivity contribution in [3.05, 3.63) is 52.7 Å². The third-order valence-corrected chi connectivity index (χ3v) is 4.52. The molecule has 0 saturated carbocycles. The van der Waals surface area contributed by atoms with Crippen molar-refractivity contribution in [2.75, 3.05) is 13.7 Å². The van der Waals surface area contributed by atoms with Gasteiger partial charge in [0, 0.05) is 6.20 Å². The molecule has 1 atom stereocenters. The molecule has 0 amide bonds. The summed E-state index contributed by atoms with van der Waals surface area (Å²) in [6.07, 6.45) is 1.95. The zero-order valence-corrected chi connectivity index (χ0v) is 14.1. The molecule has 0 N–H and O–H groups in total. The summed E-state index contributed by atoms with van der Waals surface area (Å²) < 4.78 is 10.5. The largest absolute Gasteiger partial charge is 0.497 e. The highest BCUT2D eigenvalue weighted by molar-refractivity contribution is 8.16. The molecule has 0 bridgehead atoms. The molecule has 1 aromatic carbocycles. The van der Waals surface area contributed by atoms with Crippen molar-refractivity contribution >= 4 is 22.9 Å². The van der Waals surface area contributed by atoms with E-state index in [4.69, 9.17) is 9.47 Å². The molecule has 1 unspecified atom stereocenters. The number of amidine groups is 1. The first kappa shape index (κ1) is 15.7. The fraction of sp³-hybridized carbons (Fsp3) is 0.294. The molecule has 6 heteroatoms. The van der Waals surface area contributed by atoms with Crippen molar-refractivity contribution in [1.29, 1.82) is 0 Å². The van der Waals surface area contributed by atoms with Crippen molar-refractivity contribution in [2.24, 2.45) is 4.99 Å². The number of allylic oxidation sites excluding steroid dienone is 1. The molecular weight excluding hydrogens is 312 g/mol. The molecule has 2 heterocycles. The maximum atomic E-state index is 12.5. The maximum absolute atomic E-state index is 12.5. The molecule has 5 nitrogen and oxygen atoms in total. The Balaban J connectivity index is 2.06. The first-order chi connectivity index (χ1) is 11.2. The lowest BCUT2D eigenvalue weighted by atomic mass is 9.95. The SMILES string of the molecule is CCOC(=O)C1=C(C)N=C2SC=CN2C1c1ccc(OC)cc1. The number of nitrogens with zero attached hydrogens (tertiary/aromatic N) is 2. The van der Waals surface area contributed by atoms with E-state index >= 15 is 0 Å². The zero-order valence-electron chi connectivity index (χ0n) is 13.3.